The van der Waals surface area contributed by atoms with Gasteiger partial charge in [-0.05, 0) is 24.3 Å². The Bertz CT molecular complexity index is 1250. The maximum atomic E-state index is 12.0. The van der Waals surface area contributed by atoms with E-state index in [1.54, 1.807) is 23.1 Å². The van der Waals surface area contributed by atoms with Crippen LogP contribution in [-0.4, -0.2) is 25.5 Å². The van der Waals surface area contributed by atoms with Gasteiger partial charge in [0.25, 0.3) is 5.82 Å². The molecule has 0 aliphatic heterocycles. The third-order valence-electron chi connectivity index (χ3n) is 4.78. The van der Waals surface area contributed by atoms with E-state index in [1.165, 1.54) is 0 Å². The number of nitrogens with zero attached hydrogens (tertiary/aromatic N) is 5. The topological polar surface area (TPSA) is 65.0 Å². The minimum Gasteiger partial charge on any atom is -0.361 e. The molecule has 3 aromatic heterocycles. The maximum absolute atomic E-state index is 12.0. The molecule has 0 saturated heterocycles. The molecule has 3 heterocycles. The number of ketones is 1. The molecule has 0 saturated carbocycles. The smallest absolute Gasteiger partial charge is 0.270 e. The monoisotopic (exact) mass is 381 g/mol. The highest BCUT2D eigenvalue weighted by atomic mass is 16.1. The van der Waals surface area contributed by atoms with Gasteiger partial charge in [0.05, 0.1) is 18.3 Å². The molecule has 0 unspecified atom stereocenters. The Morgan fingerprint density at radius 2 is 2.03 bits per heavy atom. The summed E-state index contributed by atoms with van der Waals surface area (Å²) in [6, 6.07) is 13.4. The number of rotatable bonds is 5. The van der Waals surface area contributed by atoms with Gasteiger partial charge >= 0.3 is 0 Å². The van der Waals surface area contributed by atoms with E-state index >= 15 is 0 Å². The maximum Gasteiger partial charge on any atom is 0.270 e. The van der Waals surface area contributed by atoms with Gasteiger partial charge in [0, 0.05) is 40.4 Å². The number of benzene rings is 1. The number of carbonyl (C=O) groups is 1. The fourth-order valence-corrected chi connectivity index (χ4v) is 3.11. The number of aromatic nitrogens is 4. The molecule has 1 aromatic carbocycles. The molecule has 0 radical (unpaired) electrons. The number of hydrogen-bond acceptors (Lipinski definition) is 4. The molecule has 0 atom stereocenters. The normalized spacial score (nSPS) is 11.0. The first-order valence-corrected chi connectivity index (χ1v) is 9.34. The first-order chi connectivity index (χ1) is 14.0. The molecule has 0 N–H and O–H groups in total. The van der Waals surface area contributed by atoms with Crippen molar-refractivity contribution in [2.45, 2.75) is 20.4 Å². The van der Waals surface area contributed by atoms with Crippen molar-refractivity contribution in [1.82, 2.24) is 19.7 Å². The fourth-order valence-electron chi connectivity index (χ4n) is 3.11. The van der Waals surface area contributed by atoms with Crippen molar-refractivity contribution in [1.29, 1.82) is 0 Å². The molecular formula is C23H19N5O. The van der Waals surface area contributed by atoms with Crippen molar-refractivity contribution in [3.63, 3.8) is 0 Å². The summed E-state index contributed by atoms with van der Waals surface area (Å²) in [7, 11) is 0. The molecule has 4 rings (SSSR count). The molecule has 0 fully saturated rings. The highest BCUT2D eigenvalue weighted by Gasteiger charge is 2.17. The molecule has 6 heteroatoms. The SMILES string of the molecule is [C-]#[N+]c1ccc(-c2cnn(CC(=O)C(C)C)c2)c(-c2ccc3cccnc3c2)n1. The zero-order valence-electron chi connectivity index (χ0n) is 16.2. The zero-order chi connectivity index (χ0) is 20.4. The Hall–Kier alpha value is -3.85. The van der Waals surface area contributed by atoms with E-state index in [0.717, 1.165) is 27.6 Å². The van der Waals surface area contributed by atoms with Gasteiger partial charge in [0.2, 0.25) is 0 Å². The highest BCUT2D eigenvalue weighted by Crippen LogP contribution is 2.33. The van der Waals surface area contributed by atoms with Crippen LogP contribution in [0, 0.1) is 12.5 Å². The summed E-state index contributed by atoms with van der Waals surface area (Å²) in [5, 5.41) is 5.38. The summed E-state index contributed by atoms with van der Waals surface area (Å²) in [5.41, 5.74) is 4.14. The van der Waals surface area contributed by atoms with Crippen molar-refractivity contribution in [3.8, 4) is 22.4 Å². The molecule has 142 valence electrons. The van der Waals surface area contributed by atoms with E-state index < -0.39 is 0 Å². The van der Waals surface area contributed by atoms with E-state index in [-0.39, 0.29) is 18.2 Å². The van der Waals surface area contributed by atoms with Gasteiger partial charge in [-0.1, -0.05) is 38.6 Å². The van der Waals surface area contributed by atoms with Gasteiger partial charge < -0.3 is 4.85 Å². The van der Waals surface area contributed by atoms with Crippen molar-refractivity contribution >= 4 is 22.5 Å². The van der Waals surface area contributed by atoms with Crippen LogP contribution in [0.15, 0.2) is 61.1 Å². The van der Waals surface area contributed by atoms with E-state index in [2.05, 4.69) is 19.9 Å². The van der Waals surface area contributed by atoms with Crippen LogP contribution < -0.4 is 0 Å². The van der Waals surface area contributed by atoms with Crippen LogP contribution in [0.25, 0.3) is 38.1 Å². The van der Waals surface area contributed by atoms with E-state index in [9.17, 15) is 4.79 Å². The Labute approximate surface area is 168 Å². The van der Waals surface area contributed by atoms with Gasteiger partial charge in [-0.2, -0.15) is 5.10 Å². The quantitative estimate of drug-likeness (QED) is 0.460. The predicted octanol–water partition coefficient (Wildman–Crippen LogP) is 4.94. The predicted molar refractivity (Wildman–Crippen MR) is 112 cm³/mol. The van der Waals surface area contributed by atoms with Gasteiger partial charge in [-0.15, -0.1) is 4.98 Å². The summed E-state index contributed by atoms with van der Waals surface area (Å²) < 4.78 is 1.65. The Morgan fingerprint density at radius 3 is 2.83 bits per heavy atom. The summed E-state index contributed by atoms with van der Waals surface area (Å²) >= 11 is 0. The number of hydrogen-bond donors (Lipinski definition) is 0. The number of carbonyl (C=O) groups excluding carboxylic acids is 1. The second-order valence-electron chi connectivity index (χ2n) is 7.14. The van der Waals surface area contributed by atoms with Crippen LogP contribution in [0.3, 0.4) is 0 Å². The van der Waals surface area contributed by atoms with Crippen LogP contribution in [0.2, 0.25) is 0 Å². The molecule has 6 nitrogen and oxygen atoms in total. The Balaban J connectivity index is 1.79. The Kier molecular flexibility index (Phi) is 4.88. The summed E-state index contributed by atoms with van der Waals surface area (Å²) in [6.07, 6.45) is 5.33. The second kappa shape index (κ2) is 7.64. The molecular weight excluding hydrogens is 362 g/mol. The molecule has 0 bridgehead atoms. The first-order valence-electron chi connectivity index (χ1n) is 9.34. The summed E-state index contributed by atoms with van der Waals surface area (Å²) in [4.78, 5) is 24.5. The van der Waals surface area contributed by atoms with Crippen LogP contribution in [0.1, 0.15) is 13.8 Å². The second-order valence-corrected chi connectivity index (χ2v) is 7.14. The average Bonchev–Trinajstić information content (AvgIpc) is 3.21. The molecule has 4 aromatic rings. The standard InChI is InChI=1S/C23H19N5O/c1-15(2)21(29)14-28-13-18(12-26-28)19-8-9-22(24-3)27-23(19)17-7-6-16-5-4-10-25-20(16)11-17/h4-13,15H,14H2,1-2H3. The first kappa shape index (κ1) is 18.5. The third kappa shape index (κ3) is 3.76. The van der Waals surface area contributed by atoms with Crippen LogP contribution in [-0.2, 0) is 11.3 Å². The molecule has 29 heavy (non-hydrogen) atoms. The van der Waals surface area contributed by atoms with E-state index in [4.69, 9.17) is 6.57 Å². The van der Waals surface area contributed by atoms with Crippen molar-refractivity contribution in [3.05, 3.63) is 72.5 Å². The lowest BCUT2D eigenvalue weighted by Crippen LogP contribution is -2.15. The molecule has 0 amide bonds. The highest BCUT2D eigenvalue weighted by molar-refractivity contribution is 5.88. The molecule has 0 aliphatic rings. The van der Waals surface area contributed by atoms with Gasteiger partial charge in [-0.25, -0.2) is 0 Å². The number of Topliss-reactive ketones (excluding diaryl/α,β-unsaturated/α-hetero) is 1. The number of fused-ring (bicyclic) bond motifs is 1. The minimum absolute atomic E-state index is 0.0390. The van der Waals surface area contributed by atoms with Crippen LogP contribution >= 0.6 is 0 Å². The fraction of sp³-hybridized carbons (Fsp3) is 0.174. The lowest BCUT2D eigenvalue weighted by atomic mass is 10.0. The third-order valence-corrected chi connectivity index (χ3v) is 4.78. The molecule has 0 aliphatic carbocycles. The lowest BCUT2D eigenvalue weighted by Gasteiger charge is -2.06. The summed E-state index contributed by atoms with van der Waals surface area (Å²) in [5.74, 6) is 0.414. The van der Waals surface area contributed by atoms with Crippen molar-refractivity contribution in [2.75, 3.05) is 0 Å². The van der Waals surface area contributed by atoms with Gasteiger partial charge in [0.15, 0.2) is 11.5 Å². The average molecular weight is 381 g/mol. The van der Waals surface area contributed by atoms with Crippen molar-refractivity contribution < 1.29 is 4.79 Å². The van der Waals surface area contributed by atoms with Gasteiger partial charge in [0.1, 0.15) is 0 Å². The summed E-state index contributed by atoms with van der Waals surface area (Å²) in [6.45, 7) is 11.3. The van der Waals surface area contributed by atoms with E-state index in [0.29, 0.717) is 11.5 Å². The van der Waals surface area contributed by atoms with Crippen LogP contribution in [0.4, 0.5) is 5.82 Å². The number of pyridine rings is 2. The van der Waals surface area contributed by atoms with Gasteiger partial charge in [-0.3, -0.25) is 14.5 Å². The Morgan fingerprint density at radius 1 is 1.17 bits per heavy atom. The van der Waals surface area contributed by atoms with E-state index in [1.807, 2.05) is 56.4 Å². The van der Waals surface area contributed by atoms with Crippen molar-refractivity contribution in [2.24, 2.45) is 5.92 Å². The zero-order valence-corrected chi connectivity index (χ0v) is 16.2. The minimum atomic E-state index is -0.0390. The van der Waals surface area contributed by atoms with Crippen LogP contribution in [0.5, 0.6) is 0 Å². The molecule has 0 spiro atoms. The largest absolute Gasteiger partial charge is 0.361 e. The lowest BCUT2D eigenvalue weighted by molar-refractivity contribution is -0.122.